The van der Waals surface area contributed by atoms with Crippen molar-refractivity contribution in [3.63, 3.8) is 0 Å². The van der Waals surface area contributed by atoms with Crippen LogP contribution in [0.2, 0.25) is 0 Å². The van der Waals surface area contributed by atoms with E-state index in [1.807, 2.05) is 30.3 Å². The molecule has 0 saturated carbocycles. The Morgan fingerprint density at radius 1 is 1.11 bits per heavy atom. The number of nitro groups is 1. The monoisotopic (exact) mass is 383 g/mol. The number of para-hydroxylation sites is 1. The molecule has 0 bridgehead atoms. The van der Waals surface area contributed by atoms with Gasteiger partial charge in [-0.15, -0.1) is 0 Å². The Hall–Kier alpha value is -3.46. The summed E-state index contributed by atoms with van der Waals surface area (Å²) in [5.41, 5.74) is 1.93. The lowest BCUT2D eigenvalue weighted by Gasteiger charge is -2.09. The van der Waals surface area contributed by atoms with E-state index in [0.717, 1.165) is 5.69 Å². The number of hydrogen-bond donors (Lipinski definition) is 2. The molecule has 0 aliphatic carbocycles. The smallest absolute Gasteiger partial charge is 0.295 e. The average Bonchev–Trinajstić information content (AvgIpc) is 2.86. The van der Waals surface area contributed by atoms with Crippen molar-refractivity contribution in [1.29, 1.82) is 0 Å². The predicted molar refractivity (Wildman–Crippen MR) is 109 cm³/mol. The molecule has 0 amide bonds. The molecule has 0 unspecified atom stereocenters. The van der Waals surface area contributed by atoms with Crippen LogP contribution in [0.5, 0.6) is 0 Å². The van der Waals surface area contributed by atoms with Crippen molar-refractivity contribution in [1.82, 2.24) is 9.36 Å². The van der Waals surface area contributed by atoms with Crippen molar-refractivity contribution in [2.24, 2.45) is 7.05 Å². The maximum atomic E-state index is 12.8. The normalized spacial score (nSPS) is 10.4. The van der Waals surface area contributed by atoms with Crippen LogP contribution in [0.25, 0.3) is 5.69 Å². The van der Waals surface area contributed by atoms with Crippen LogP contribution in [0.4, 0.5) is 17.1 Å². The molecular weight excluding hydrogens is 366 g/mol. The van der Waals surface area contributed by atoms with Gasteiger partial charge in [-0.25, -0.2) is 4.68 Å². The Balaban J connectivity index is 1.86. The second-order valence-corrected chi connectivity index (χ2v) is 6.23. The number of anilines is 2. The van der Waals surface area contributed by atoms with E-state index >= 15 is 0 Å². The summed E-state index contributed by atoms with van der Waals surface area (Å²) in [4.78, 5) is 23.2. The standard InChI is InChI=1S/C18H17N5O3S/c1-12-16(17(24)22(21(12)2)14-8-4-3-5-9-14)20-18(27)19-13-7-6-10-15(11-13)23(25)26/h3-11H,1-2H3,(H2,19,20,27). The van der Waals surface area contributed by atoms with Gasteiger partial charge in [0.2, 0.25) is 0 Å². The minimum Gasteiger partial charge on any atom is -0.332 e. The molecule has 0 fully saturated rings. The van der Waals surface area contributed by atoms with E-state index in [-0.39, 0.29) is 16.4 Å². The summed E-state index contributed by atoms with van der Waals surface area (Å²) < 4.78 is 3.27. The van der Waals surface area contributed by atoms with Gasteiger partial charge in [0.15, 0.2) is 5.11 Å². The molecule has 0 saturated heterocycles. The van der Waals surface area contributed by atoms with Crippen molar-refractivity contribution in [3.8, 4) is 5.69 Å². The van der Waals surface area contributed by atoms with E-state index < -0.39 is 4.92 Å². The number of nitrogens with one attached hydrogen (secondary N) is 2. The molecule has 0 spiro atoms. The van der Waals surface area contributed by atoms with E-state index in [9.17, 15) is 14.9 Å². The zero-order chi connectivity index (χ0) is 19.6. The Kier molecular flexibility index (Phi) is 5.04. The third-order valence-electron chi connectivity index (χ3n) is 4.11. The van der Waals surface area contributed by atoms with Crippen molar-refractivity contribution < 1.29 is 4.92 Å². The van der Waals surface area contributed by atoms with Crippen LogP contribution in [0.15, 0.2) is 59.4 Å². The summed E-state index contributed by atoms with van der Waals surface area (Å²) in [5.74, 6) is 0. The van der Waals surface area contributed by atoms with Gasteiger partial charge in [0.1, 0.15) is 5.69 Å². The molecule has 9 heteroatoms. The Bertz CT molecular complexity index is 1070. The van der Waals surface area contributed by atoms with Crippen LogP contribution in [-0.2, 0) is 7.05 Å². The fraction of sp³-hybridized carbons (Fsp3) is 0.111. The third-order valence-corrected chi connectivity index (χ3v) is 4.31. The minimum absolute atomic E-state index is 0.0508. The van der Waals surface area contributed by atoms with Crippen LogP contribution < -0.4 is 16.2 Å². The van der Waals surface area contributed by atoms with Gasteiger partial charge in [-0.1, -0.05) is 24.3 Å². The number of nitrogens with zero attached hydrogens (tertiary/aromatic N) is 3. The van der Waals surface area contributed by atoms with Crippen LogP contribution in [0.3, 0.4) is 0 Å². The summed E-state index contributed by atoms with van der Waals surface area (Å²) in [6, 6.07) is 15.2. The minimum atomic E-state index is -0.485. The fourth-order valence-corrected chi connectivity index (χ4v) is 2.91. The largest absolute Gasteiger partial charge is 0.332 e. The van der Waals surface area contributed by atoms with Crippen molar-refractivity contribution in [2.45, 2.75) is 6.92 Å². The number of benzene rings is 2. The van der Waals surface area contributed by atoms with Gasteiger partial charge < -0.3 is 10.6 Å². The van der Waals surface area contributed by atoms with Gasteiger partial charge >= 0.3 is 0 Å². The van der Waals surface area contributed by atoms with Gasteiger partial charge in [0.05, 0.1) is 16.3 Å². The molecule has 27 heavy (non-hydrogen) atoms. The summed E-state index contributed by atoms with van der Waals surface area (Å²) in [7, 11) is 1.78. The molecule has 0 radical (unpaired) electrons. The lowest BCUT2D eigenvalue weighted by atomic mass is 10.3. The van der Waals surface area contributed by atoms with Gasteiger partial charge in [-0.2, -0.15) is 0 Å². The molecule has 2 N–H and O–H groups in total. The Morgan fingerprint density at radius 3 is 2.48 bits per heavy atom. The molecule has 8 nitrogen and oxygen atoms in total. The van der Waals surface area contributed by atoms with Crippen molar-refractivity contribution in [2.75, 3.05) is 10.6 Å². The quantitative estimate of drug-likeness (QED) is 0.408. The van der Waals surface area contributed by atoms with Crippen molar-refractivity contribution >= 4 is 34.4 Å². The first kappa shape index (κ1) is 18.3. The first-order valence-corrected chi connectivity index (χ1v) is 8.46. The Morgan fingerprint density at radius 2 is 1.81 bits per heavy atom. The number of hydrogen-bond acceptors (Lipinski definition) is 4. The summed E-state index contributed by atoms with van der Waals surface area (Å²) >= 11 is 5.27. The van der Waals surface area contributed by atoms with Crippen LogP contribution in [-0.4, -0.2) is 19.4 Å². The summed E-state index contributed by atoms with van der Waals surface area (Å²) in [5, 5.41) is 16.8. The SMILES string of the molecule is Cc1c(NC(=S)Nc2cccc([N+](=O)[O-])c2)c(=O)n(-c2ccccc2)n1C. The molecular formula is C18H17N5O3S. The van der Waals surface area contributed by atoms with Gasteiger partial charge in [0.25, 0.3) is 11.2 Å². The maximum Gasteiger partial charge on any atom is 0.295 e. The lowest BCUT2D eigenvalue weighted by molar-refractivity contribution is -0.384. The molecule has 1 heterocycles. The first-order chi connectivity index (χ1) is 12.9. The molecule has 0 aliphatic rings. The van der Waals surface area contributed by atoms with Crippen LogP contribution >= 0.6 is 12.2 Å². The molecule has 138 valence electrons. The second-order valence-electron chi connectivity index (χ2n) is 5.82. The van der Waals surface area contributed by atoms with E-state index in [2.05, 4.69) is 10.6 Å². The highest BCUT2D eigenvalue weighted by Crippen LogP contribution is 2.18. The third kappa shape index (κ3) is 3.72. The van der Waals surface area contributed by atoms with E-state index in [0.29, 0.717) is 17.1 Å². The Labute approximate surface area is 160 Å². The molecule has 0 atom stereocenters. The molecule has 3 aromatic rings. The van der Waals surface area contributed by atoms with E-state index in [4.69, 9.17) is 12.2 Å². The number of thiocarbonyl (C=S) groups is 1. The van der Waals surface area contributed by atoms with Gasteiger partial charge in [-0.05, 0) is 37.3 Å². The average molecular weight is 383 g/mol. The summed E-state index contributed by atoms with van der Waals surface area (Å²) in [6.07, 6.45) is 0. The number of nitro benzene ring substituents is 1. The zero-order valence-electron chi connectivity index (χ0n) is 14.7. The number of non-ortho nitro benzene ring substituents is 1. The van der Waals surface area contributed by atoms with Gasteiger partial charge in [-0.3, -0.25) is 19.6 Å². The van der Waals surface area contributed by atoms with E-state index in [1.54, 1.807) is 30.8 Å². The summed E-state index contributed by atoms with van der Waals surface area (Å²) in [6.45, 7) is 1.80. The molecule has 1 aromatic heterocycles. The van der Waals surface area contributed by atoms with Gasteiger partial charge in [0, 0.05) is 24.9 Å². The maximum absolute atomic E-state index is 12.8. The number of rotatable bonds is 4. The molecule has 3 rings (SSSR count). The highest BCUT2D eigenvalue weighted by Gasteiger charge is 2.17. The predicted octanol–water partition coefficient (Wildman–Crippen LogP) is 3.20. The fourth-order valence-electron chi connectivity index (χ4n) is 2.69. The van der Waals surface area contributed by atoms with Crippen LogP contribution in [0.1, 0.15) is 5.69 Å². The first-order valence-electron chi connectivity index (χ1n) is 8.05. The van der Waals surface area contributed by atoms with Crippen LogP contribution in [0, 0.1) is 17.0 Å². The number of aromatic nitrogens is 2. The highest BCUT2D eigenvalue weighted by molar-refractivity contribution is 7.80. The highest BCUT2D eigenvalue weighted by atomic mass is 32.1. The second kappa shape index (κ2) is 7.42. The molecule has 0 aliphatic heterocycles. The van der Waals surface area contributed by atoms with E-state index in [1.165, 1.54) is 16.8 Å². The van der Waals surface area contributed by atoms with Crippen molar-refractivity contribution in [3.05, 3.63) is 80.8 Å². The topological polar surface area (TPSA) is 94.1 Å². The zero-order valence-corrected chi connectivity index (χ0v) is 15.5. The molecule has 2 aromatic carbocycles. The lowest BCUT2D eigenvalue weighted by Crippen LogP contribution is -2.25.